The summed E-state index contributed by atoms with van der Waals surface area (Å²) in [5.74, 6) is 0.863. The van der Waals surface area contributed by atoms with Crippen molar-refractivity contribution in [1.82, 2.24) is 14.8 Å². The Bertz CT molecular complexity index is 670. The van der Waals surface area contributed by atoms with Crippen LogP contribution in [0.15, 0.2) is 30.5 Å². The lowest BCUT2D eigenvalue weighted by Crippen LogP contribution is -2.40. The molecule has 1 unspecified atom stereocenters. The predicted octanol–water partition coefficient (Wildman–Crippen LogP) is 1.07. The van der Waals surface area contributed by atoms with Crippen molar-refractivity contribution in [3.05, 3.63) is 30.5 Å². The second kappa shape index (κ2) is 7.02. The number of aliphatic hydroxyl groups is 1. The van der Waals surface area contributed by atoms with Crippen LogP contribution in [0.2, 0.25) is 0 Å². The van der Waals surface area contributed by atoms with E-state index in [9.17, 15) is 9.90 Å². The van der Waals surface area contributed by atoms with E-state index < -0.39 is 6.10 Å². The summed E-state index contributed by atoms with van der Waals surface area (Å²) in [6, 6.07) is 7.76. The highest BCUT2D eigenvalue weighted by molar-refractivity contribution is 5.85. The largest absolute Gasteiger partial charge is 0.490 e. The minimum Gasteiger partial charge on any atom is -0.490 e. The summed E-state index contributed by atoms with van der Waals surface area (Å²) >= 11 is 0. The number of amides is 1. The molecule has 1 fully saturated rings. The smallest absolute Gasteiger partial charge is 0.236 e. The van der Waals surface area contributed by atoms with E-state index in [4.69, 9.17) is 4.74 Å². The van der Waals surface area contributed by atoms with Crippen molar-refractivity contribution < 1.29 is 14.6 Å². The number of H-pyrrole nitrogens is 1. The predicted molar refractivity (Wildman–Crippen MR) is 88.5 cm³/mol. The molecule has 1 saturated heterocycles. The molecule has 1 amide bonds. The van der Waals surface area contributed by atoms with Gasteiger partial charge in [0, 0.05) is 43.8 Å². The van der Waals surface area contributed by atoms with Gasteiger partial charge in [0.2, 0.25) is 5.91 Å². The minimum atomic E-state index is -0.625. The Hall–Kier alpha value is -2.05. The summed E-state index contributed by atoms with van der Waals surface area (Å²) in [6.45, 7) is 2.62. The van der Waals surface area contributed by atoms with Gasteiger partial charge in [-0.05, 0) is 24.6 Å². The van der Waals surface area contributed by atoms with Crippen LogP contribution in [0.1, 0.15) is 6.42 Å². The highest BCUT2D eigenvalue weighted by Crippen LogP contribution is 2.24. The van der Waals surface area contributed by atoms with E-state index in [2.05, 4.69) is 4.98 Å². The first-order valence-electron chi connectivity index (χ1n) is 7.97. The van der Waals surface area contributed by atoms with Crippen LogP contribution in [0.4, 0.5) is 0 Å². The fourth-order valence-electron chi connectivity index (χ4n) is 2.92. The summed E-state index contributed by atoms with van der Waals surface area (Å²) in [5, 5.41) is 11.2. The number of benzene rings is 1. The third kappa shape index (κ3) is 3.83. The Balaban J connectivity index is 1.54. The normalized spacial score (nSPS) is 18.2. The van der Waals surface area contributed by atoms with E-state index in [0.29, 0.717) is 13.1 Å². The van der Waals surface area contributed by atoms with Gasteiger partial charge in [0.15, 0.2) is 0 Å². The first-order valence-corrected chi connectivity index (χ1v) is 7.97. The van der Waals surface area contributed by atoms with Crippen LogP contribution in [-0.4, -0.2) is 71.7 Å². The summed E-state index contributed by atoms with van der Waals surface area (Å²) in [6.07, 6.45) is 2.17. The second-order valence-corrected chi connectivity index (χ2v) is 6.06. The van der Waals surface area contributed by atoms with Gasteiger partial charge in [-0.15, -0.1) is 0 Å². The molecule has 23 heavy (non-hydrogen) atoms. The number of carbonyl (C=O) groups is 1. The lowest BCUT2D eigenvalue weighted by Gasteiger charge is -2.22. The lowest BCUT2D eigenvalue weighted by molar-refractivity contribution is -0.130. The number of β-amino-alcohol motifs (C(OH)–C–C–N with tert-alkyl or cyclic N) is 1. The Labute approximate surface area is 135 Å². The SMILES string of the molecule is CN1CCCN(CC(O)COc2cccc3[nH]ccc23)CC1=O. The molecule has 1 aromatic heterocycles. The Morgan fingerprint density at radius 2 is 2.22 bits per heavy atom. The third-order valence-corrected chi connectivity index (χ3v) is 4.21. The summed E-state index contributed by atoms with van der Waals surface area (Å²) in [5.41, 5.74) is 1.01. The van der Waals surface area contributed by atoms with Crippen molar-refractivity contribution in [2.24, 2.45) is 0 Å². The number of aliphatic hydroxyl groups excluding tert-OH is 1. The van der Waals surface area contributed by atoms with Crippen LogP contribution in [0.25, 0.3) is 10.9 Å². The molecular formula is C17H23N3O3. The van der Waals surface area contributed by atoms with E-state index in [1.54, 1.807) is 4.90 Å². The first kappa shape index (κ1) is 15.8. The summed E-state index contributed by atoms with van der Waals surface area (Å²) in [4.78, 5) is 18.7. The van der Waals surface area contributed by atoms with E-state index >= 15 is 0 Å². The van der Waals surface area contributed by atoms with E-state index in [0.717, 1.165) is 36.2 Å². The number of hydrogen-bond acceptors (Lipinski definition) is 4. The number of hydrogen-bond donors (Lipinski definition) is 2. The number of aromatic nitrogens is 1. The van der Waals surface area contributed by atoms with E-state index in [1.165, 1.54) is 0 Å². The van der Waals surface area contributed by atoms with Crippen molar-refractivity contribution in [3.8, 4) is 5.75 Å². The number of aromatic amines is 1. The molecule has 0 spiro atoms. The molecule has 0 bridgehead atoms. The van der Waals surface area contributed by atoms with Gasteiger partial charge in [-0.2, -0.15) is 0 Å². The number of nitrogens with one attached hydrogen (secondary N) is 1. The van der Waals surface area contributed by atoms with Crippen molar-refractivity contribution in [3.63, 3.8) is 0 Å². The van der Waals surface area contributed by atoms with Gasteiger partial charge < -0.3 is 19.7 Å². The molecule has 6 nitrogen and oxygen atoms in total. The number of nitrogens with zero attached hydrogens (tertiary/aromatic N) is 2. The molecule has 2 aromatic rings. The van der Waals surface area contributed by atoms with E-state index in [-0.39, 0.29) is 12.5 Å². The van der Waals surface area contributed by atoms with Crippen LogP contribution in [0.5, 0.6) is 5.75 Å². The van der Waals surface area contributed by atoms with Gasteiger partial charge in [-0.1, -0.05) is 6.07 Å². The van der Waals surface area contributed by atoms with Crippen molar-refractivity contribution in [1.29, 1.82) is 0 Å². The standard InChI is InChI=1S/C17H23N3O3/c1-19-8-3-9-20(11-17(19)22)10-13(21)12-23-16-5-2-4-15-14(16)6-7-18-15/h2,4-7,13,18,21H,3,8-12H2,1H3. The Morgan fingerprint density at radius 3 is 3.09 bits per heavy atom. The van der Waals surface area contributed by atoms with Crippen LogP contribution in [0.3, 0.4) is 0 Å². The molecule has 1 aliphatic heterocycles. The zero-order valence-electron chi connectivity index (χ0n) is 13.4. The van der Waals surface area contributed by atoms with Crippen molar-refractivity contribution >= 4 is 16.8 Å². The molecule has 0 aliphatic carbocycles. The molecule has 0 radical (unpaired) electrons. The molecule has 1 aliphatic rings. The minimum absolute atomic E-state index is 0.104. The highest BCUT2D eigenvalue weighted by Gasteiger charge is 2.21. The number of fused-ring (bicyclic) bond motifs is 1. The van der Waals surface area contributed by atoms with Crippen LogP contribution < -0.4 is 4.74 Å². The zero-order chi connectivity index (χ0) is 16.2. The molecule has 3 rings (SSSR count). The van der Waals surface area contributed by atoms with Crippen molar-refractivity contribution in [2.45, 2.75) is 12.5 Å². The van der Waals surface area contributed by atoms with Gasteiger partial charge >= 0.3 is 0 Å². The fraction of sp³-hybridized carbons (Fsp3) is 0.471. The monoisotopic (exact) mass is 317 g/mol. The molecule has 124 valence electrons. The van der Waals surface area contributed by atoms with Gasteiger partial charge in [0.1, 0.15) is 18.5 Å². The Kier molecular flexibility index (Phi) is 4.83. The molecule has 2 heterocycles. The number of rotatable bonds is 5. The van der Waals surface area contributed by atoms with Crippen LogP contribution in [-0.2, 0) is 4.79 Å². The first-order chi connectivity index (χ1) is 11.1. The van der Waals surface area contributed by atoms with Gasteiger partial charge in [-0.25, -0.2) is 0 Å². The molecule has 1 atom stereocenters. The topological polar surface area (TPSA) is 68.8 Å². The van der Waals surface area contributed by atoms with Crippen LogP contribution >= 0.6 is 0 Å². The lowest BCUT2D eigenvalue weighted by atomic mass is 10.2. The fourth-order valence-corrected chi connectivity index (χ4v) is 2.92. The molecular weight excluding hydrogens is 294 g/mol. The molecule has 2 N–H and O–H groups in total. The second-order valence-electron chi connectivity index (χ2n) is 6.06. The summed E-state index contributed by atoms with van der Waals surface area (Å²) < 4.78 is 5.77. The maximum atomic E-state index is 11.9. The quantitative estimate of drug-likeness (QED) is 0.866. The van der Waals surface area contributed by atoms with Crippen LogP contribution in [0, 0.1) is 0 Å². The van der Waals surface area contributed by atoms with Gasteiger partial charge in [0.05, 0.1) is 6.54 Å². The van der Waals surface area contributed by atoms with Gasteiger partial charge in [-0.3, -0.25) is 9.69 Å². The Morgan fingerprint density at radius 1 is 1.35 bits per heavy atom. The van der Waals surface area contributed by atoms with Crippen molar-refractivity contribution in [2.75, 3.05) is 39.8 Å². The van der Waals surface area contributed by atoms with E-state index in [1.807, 2.05) is 42.4 Å². The number of ether oxygens (including phenoxy) is 1. The average Bonchev–Trinajstić information content (AvgIpc) is 2.95. The molecule has 0 saturated carbocycles. The zero-order valence-corrected chi connectivity index (χ0v) is 13.4. The molecule has 1 aromatic carbocycles. The third-order valence-electron chi connectivity index (χ3n) is 4.21. The summed E-state index contributed by atoms with van der Waals surface area (Å²) in [7, 11) is 1.82. The molecule has 6 heteroatoms. The maximum Gasteiger partial charge on any atom is 0.236 e. The number of carbonyl (C=O) groups excluding carboxylic acids is 1. The highest BCUT2D eigenvalue weighted by atomic mass is 16.5. The average molecular weight is 317 g/mol. The number of likely N-dealkylation sites (N-methyl/N-ethyl adjacent to an activating group) is 1. The maximum absolute atomic E-state index is 11.9. The van der Waals surface area contributed by atoms with Gasteiger partial charge in [0.25, 0.3) is 0 Å².